The van der Waals surface area contributed by atoms with Gasteiger partial charge in [0.15, 0.2) is 5.13 Å². The second-order valence-electron chi connectivity index (χ2n) is 2.44. The van der Waals surface area contributed by atoms with Crippen LogP contribution >= 0.6 is 24.0 Å². The summed E-state index contributed by atoms with van der Waals surface area (Å²) in [5.41, 5.74) is 0. The van der Waals surface area contributed by atoms with Crippen LogP contribution in [0, 0.1) is 0 Å². The zero-order chi connectivity index (χ0) is 8.97. The van der Waals surface area contributed by atoms with Crippen molar-refractivity contribution in [2.45, 2.75) is 19.6 Å². The van der Waals surface area contributed by atoms with Gasteiger partial charge in [0.2, 0.25) is 0 Å². The molecular weight excluding hydrogens is 188 g/mol. The highest BCUT2D eigenvalue weighted by Gasteiger charge is 2.05. The first-order valence-corrected chi connectivity index (χ1v) is 5.57. The fourth-order valence-corrected chi connectivity index (χ4v) is 2.18. The predicted molar refractivity (Wildman–Crippen MR) is 58.4 cm³/mol. The molecule has 1 heterocycles. The number of nitrogens with zero attached hydrogens (tertiary/aromatic N) is 2. The van der Waals surface area contributed by atoms with Gasteiger partial charge in [0.05, 0.1) is 0 Å². The van der Waals surface area contributed by atoms with E-state index in [2.05, 4.69) is 36.4 Å². The van der Waals surface area contributed by atoms with Gasteiger partial charge in [0, 0.05) is 29.9 Å². The Morgan fingerprint density at radius 2 is 2.17 bits per heavy atom. The summed E-state index contributed by atoms with van der Waals surface area (Å²) < 4.78 is 0. The fourth-order valence-electron chi connectivity index (χ4n) is 1.01. The SMILES string of the molecule is CCN(CC)c1ncc(CS)s1. The van der Waals surface area contributed by atoms with Gasteiger partial charge in [-0.15, -0.1) is 11.3 Å². The Kier molecular flexibility index (Phi) is 3.88. The molecule has 0 spiro atoms. The maximum atomic E-state index is 4.32. The Hall–Kier alpha value is -0.220. The maximum Gasteiger partial charge on any atom is 0.185 e. The van der Waals surface area contributed by atoms with E-state index >= 15 is 0 Å². The number of thiazole rings is 1. The normalized spacial score (nSPS) is 10.2. The molecule has 68 valence electrons. The Balaban J connectivity index is 2.72. The lowest BCUT2D eigenvalue weighted by molar-refractivity contribution is 0.860. The van der Waals surface area contributed by atoms with Crippen LogP contribution in [0.3, 0.4) is 0 Å². The molecule has 1 rings (SSSR count). The molecule has 0 aliphatic carbocycles. The second-order valence-corrected chi connectivity index (χ2v) is 3.85. The van der Waals surface area contributed by atoms with Crippen molar-refractivity contribution in [3.63, 3.8) is 0 Å². The molecule has 0 saturated carbocycles. The molecule has 0 N–H and O–H groups in total. The van der Waals surface area contributed by atoms with Gasteiger partial charge in [-0.2, -0.15) is 12.6 Å². The lowest BCUT2D eigenvalue weighted by Gasteiger charge is -2.16. The first-order chi connectivity index (χ1) is 5.81. The van der Waals surface area contributed by atoms with E-state index in [-0.39, 0.29) is 0 Å². The molecule has 1 aromatic heterocycles. The zero-order valence-electron chi connectivity index (χ0n) is 7.45. The number of anilines is 1. The standard InChI is InChI=1S/C8H14N2S2/c1-3-10(4-2)8-9-5-7(6-11)12-8/h5,11H,3-4,6H2,1-2H3. The van der Waals surface area contributed by atoms with Crippen LogP contribution in [0.15, 0.2) is 6.20 Å². The van der Waals surface area contributed by atoms with E-state index in [0.717, 1.165) is 24.0 Å². The fraction of sp³-hybridized carbons (Fsp3) is 0.625. The smallest absolute Gasteiger partial charge is 0.185 e. The van der Waals surface area contributed by atoms with Gasteiger partial charge >= 0.3 is 0 Å². The van der Waals surface area contributed by atoms with Gasteiger partial charge in [0.25, 0.3) is 0 Å². The van der Waals surface area contributed by atoms with Crippen LogP contribution in [-0.4, -0.2) is 18.1 Å². The minimum atomic E-state index is 0.791. The molecule has 0 aliphatic rings. The third-order valence-corrected chi connectivity index (χ3v) is 3.34. The highest BCUT2D eigenvalue weighted by Crippen LogP contribution is 2.22. The van der Waals surface area contributed by atoms with E-state index in [0.29, 0.717) is 0 Å². The molecule has 0 radical (unpaired) electrons. The number of rotatable bonds is 4. The molecule has 0 aliphatic heterocycles. The van der Waals surface area contributed by atoms with Crippen molar-refractivity contribution in [3.05, 3.63) is 11.1 Å². The molecule has 0 bridgehead atoms. The number of aromatic nitrogens is 1. The van der Waals surface area contributed by atoms with Gasteiger partial charge in [0.1, 0.15) is 0 Å². The molecule has 4 heteroatoms. The van der Waals surface area contributed by atoms with E-state index in [1.165, 1.54) is 4.88 Å². The molecule has 0 atom stereocenters. The van der Waals surface area contributed by atoms with Crippen LogP contribution in [0.5, 0.6) is 0 Å². The Bertz CT molecular complexity index is 231. The molecule has 2 nitrogen and oxygen atoms in total. The van der Waals surface area contributed by atoms with Crippen LogP contribution < -0.4 is 4.90 Å². The number of hydrogen-bond acceptors (Lipinski definition) is 4. The highest BCUT2D eigenvalue weighted by molar-refractivity contribution is 7.79. The van der Waals surface area contributed by atoms with Crippen LogP contribution in [0.4, 0.5) is 5.13 Å². The molecule has 0 saturated heterocycles. The minimum absolute atomic E-state index is 0.791. The second kappa shape index (κ2) is 4.72. The van der Waals surface area contributed by atoms with Crippen LogP contribution in [0.25, 0.3) is 0 Å². The Morgan fingerprint density at radius 1 is 1.50 bits per heavy atom. The first-order valence-electron chi connectivity index (χ1n) is 4.12. The van der Waals surface area contributed by atoms with Crippen LogP contribution in [0.1, 0.15) is 18.7 Å². The molecule has 0 aromatic carbocycles. The topological polar surface area (TPSA) is 16.1 Å². The average Bonchev–Trinajstić information content (AvgIpc) is 2.55. The summed E-state index contributed by atoms with van der Waals surface area (Å²) in [6.07, 6.45) is 1.91. The van der Waals surface area contributed by atoms with Crippen molar-refractivity contribution in [2.24, 2.45) is 0 Å². The van der Waals surface area contributed by atoms with Gasteiger partial charge in [-0.1, -0.05) is 0 Å². The summed E-state index contributed by atoms with van der Waals surface area (Å²) in [5, 5.41) is 1.11. The average molecular weight is 202 g/mol. The summed E-state index contributed by atoms with van der Waals surface area (Å²) in [6, 6.07) is 0. The molecule has 1 aromatic rings. The van der Waals surface area contributed by atoms with Crippen molar-refractivity contribution in [2.75, 3.05) is 18.0 Å². The van der Waals surface area contributed by atoms with Crippen molar-refractivity contribution in [1.82, 2.24) is 4.98 Å². The summed E-state index contributed by atoms with van der Waals surface area (Å²) in [7, 11) is 0. The summed E-state index contributed by atoms with van der Waals surface area (Å²) >= 11 is 5.93. The van der Waals surface area contributed by atoms with Gasteiger partial charge < -0.3 is 4.90 Å². The number of hydrogen-bond donors (Lipinski definition) is 1. The lowest BCUT2D eigenvalue weighted by Crippen LogP contribution is -2.21. The molecule has 12 heavy (non-hydrogen) atoms. The van der Waals surface area contributed by atoms with Crippen molar-refractivity contribution in [3.8, 4) is 0 Å². The van der Waals surface area contributed by atoms with E-state index < -0.39 is 0 Å². The Labute approximate surface area is 83.0 Å². The van der Waals surface area contributed by atoms with E-state index in [1.54, 1.807) is 11.3 Å². The van der Waals surface area contributed by atoms with E-state index in [4.69, 9.17) is 0 Å². The monoisotopic (exact) mass is 202 g/mol. The summed E-state index contributed by atoms with van der Waals surface area (Å²) in [4.78, 5) is 7.81. The van der Waals surface area contributed by atoms with Crippen LogP contribution in [-0.2, 0) is 5.75 Å². The van der Waals surface area contributed by atoms with E-state index in [1.807, 2.05) is 6.20 Å². The molecule has 0 fully saturated rings. The predicted octanol–water partition coefficient (Wildman–Crippen LogP) is 2.42. The summed E-state index contributed by atoms with van der Waals surface area (Å²) in [6.45, 7) is 6.34. The number of thiol groups is 1. The van der Waals surface area contributed by atoms with Crippen molar-refractivity contribution < 1.29 is 0 Å². The van der Waals surface area contributed by atoms with E-state index in [9.17, 15) is 0 Å². The lowest BCUT2D eigenvalue weighted by atomic mass is 10.6. The third-order valence-electron chi connectivity index (χ3n) is 1.73. The maximum absolute atomic E-state index is 4.32. The highest BCUT2D eigenvalue weighted by atomic mass is 32.1. The largest absolute Gasteiger partial charge is 0.349 e. The zero-order valence-corrected chi connectivity index (χ0v) is 9.16. The van der Waals surface area contributed by atoms with Gasteiger partial charge in [-0.3, -0.25) is 0 Å². The van der Waals surface area contributed by atoms with Gasteiger partial charge in [-0.25, -0.2) is 4.98 Å². The molecular formula is C8H14N2S2. The Morgan fingerprint density at radius 3 is 2.58 bits per heavy atom. The quantitative estimate of drug-likeness (QED) is 0.755. The molecule has 0 amide bonds. The van der Waals surface area contributed by atoms with Crippen molar-refractivity contribution in [1.29, 1.82) is 0 Å². The minimum Gasteiger partial charge on any atom is -0.349 e. The van der Waals surface area contributed by atoms with Crippen molar-refractivity contribution >= 4 is 29.1 Å². The first kappa shape index (κ1) is 9.86. The van der Waals surface area contributed by atoms with Crippen LogP contribution in [0.2, 0.25) is 0 Å². The van der Waals surface area contributed by atoms with Gasteiger partial charge in [-0.05, 0) is 13.8 Å². The summed E-state index contributed by atoms with van der Waals surface area (Å²) in [5.74, 6) is 0.791. The third kappa shape index (κ3) is 2.14. The molecule has 0 unspecified atom stereocenters.